The van der Waals surface area contributed by atoms with E-state index in [1.54, 1.807) is 25.1 Å². The maximum absolute atomic E-state index is 12.5. The van der Waals surface area contributed by atoms with Crippen LogP contribution in [-0.4, -0.2) is 35.0 Å². The van der Waals surface area contributed by atoms with Crippen molar-refractivity contribution in [2.45, 2.75) is 6.92 Å². The van der Waals surface area contributed by atoms with Crippen molar-refractivity contribution in [1.82, 2.24) is 9.38 Å². The molecular formula is C15H12N2O5S. The summed E-state index contributed by atoms with van der Waals surface area (Å²) >= 11 is 1.24. The molecule has 0 saturated heterocycles. The number of methoxy groups -OCH3 is 1. The van der Waals surface area contributed by atoms with Crippen molar-refractivity contribution in [3.05, 3.63) is 45.9 Å². The first-order valence-electron chi connectivity index (χ1n) is 6.76. The summed E-state index contributed by atoms with van der Waals surface area (Å²) in [6.07, 6.45) is 1.21. The molecule has 0 aliphatic rings. The van der Waals surface area contributed by atoms with E-state index < -0.39 is 17.5 Å². The zero-order chi connectivity index (χ0) is 16.6. The fourth-order valence-electron chi connectivity index (χ4n) is 2.20. The molecule has 2 aromatic heterocycles. The molecule has 0 unspecified atom stereocenters. The van der Waals surface area contributed by atoms with Gasteiger partial charge in [-0.1, -0.05) is 11.3 Å². The fourth-order valence-corrected chi connectivity index (χ4v) is 3.22. The van der Waals surface area contributed by atoms with Crippen LogP contribution in [-0.2, 0) is 9.47 Å². The standard InChI is InChI=1S/C15H12N2O5S/c1-3-22-14(20)9-7-16-15-17(12(9)18)10-5-4-8(13(19)21-2)6-11(10)23-15/h4-7H,3H2,1-2H3. The predicted molar refractivity (Wildman–Crippen MR) is 84.1 cm³/mol. The quantitative estimate of drug-likeness (QED) is 0.681. The van der Waals surface area contributed by atoms with E-state index in [4.69, 9.17) is 4.74 Å². The lowest BCUT2D eigenvalue weighted by molar-refractivity contribution is 0.0522. The zero-order valence-corrected chi connectivity index (χ0v) is 13.2. The number of nitrogens with zero attached hydrogens (tertiary/aromatic N) is 2. The molecule has 0 spiro atoms. The number of hydrogen-bond donors (Lipinski definition) is 0. The van der Waals surface area contributed by atoms with Gasteiger partial charge in [0.15, 0.2) is 4.96 Å². The van der Waals surface area contributed by atoms with Crippen LogP contribution in [0.15, 0.2) is 29.2 Å². The number of carbonyl (C=O) groups is 2. The van der Waals surface area contributed by atoms with Gasteiger partial charge in [0.25, 0.3) is 5.56 Å². The Kier molecular flexibility index (Phi) is 3.83. The summed E-state index contributed by atoms with van der Waals surface area (Å²) in [5.74, 6) is -1.16. The molecule has 1 aromatic carbocycles. The van der Waals surface area contributed by atoms with E-state index >= 15 is 0 Å². The third-order valence-corrected chi connectivity index (χ3v) is 4.26. The molecule has 0 N–H and O–H groups in total. The summed E-state index contributed by atoms with van der Waals surface area (Å²) in [6.45, 7) is 1.84. The van der Waals surface area contributed by atoms with Gasteiger partial charge >= 0.3 is 11.9 Å². The van der Waals surface area contributed by atoms with Crippen molar-refractivity contribution in [2.24, 2.45) is 0 Å². The lowest BCUT2D eigenvalue weighted by atomic mass is 10.2. The number of fused-ring (bicyclic) bond motifs is 3. The van der Waals surface area contributed by atoms with Gasteiger partial charge in [0.05, 0.1) is 35.7 Å². The Morgan fingerprint density at radius 1 is 1.30 bits per heavy atom. The van der Waals surface area contributed by atoms with Crippen molar-refractivity contribution < 1.29 is 19.1 Å². The molecule has 0 atom stereocenters. The van der Waals surface area contributed by atoms with Gasteiger partial charge in [-0.25, -0.2) is 14.6 Å². The van der Waals surface area contributed by atoms with Crippen molar-refractivity contribution >= 4 is 38.5 Å². The third-order valence-electron chi connectivity index (χ3n) is 3.25. The van der Waals surface area contributed by atoms with Crippen LogP contribution in [0.3, 0.4) is 0 Å². The molecule has 0 fully saturated rings. The molecule has 0 aliphatic carbocycles. The average molecular weight is 332 g/mol. The van der Waals surface area contributed by atoms with Gasteiger partial charge in [-0.15, -0.1) is 0 Å². The molecule has 3 aromatic rings. The zero-order valence-electron chi connectivity index (χ0n) is 12.4. The summed E-state index contributed by atoms with van der Waals surface area (Å²) < 4.78 is 11.6. The Labute approximate surface area is 134 Å². The van der Waals surface area contributed by atoms with Gasteiger partial charge < -0.3 is 9.47 Å². The minimum Gasteiger partial charge on any atom is -0.465 e. The number of thiazole rings is 1. The Hall–Kier alpha value is -2.74. The van der Waals surface area contributed by atoms with Crippen LogP contribution in [0.25, 0.3) is 15.2 Å². The van der Waals surface area contributed by atoms with Crippen molar-refractivity contribution in [2.75, 3.05) is 13.7 Å². The molecule has 7 nitrogen and oxygen atoms in total. The fraction of sp³-hybridized carbons (Fsp3) is 0.200. The molecule has 0 bridgehead atoms. The van der Waals surface area contributed by atoms with E-state index in [0.29, 0.717) is 20.7 Å². The second-order valence-corrected chi connectivity index (χ2v) is 5.60. The Morgan fingerprint density at radius 3 is 2.78 bits per heavy atom. The van der Waals surface area contributed by atoms with Crippen molar-refractivity contribution in [3.63, 3.8) is 0 Å². The van der Waals surface area contributed by atoms with Crippen LogP contribution < -0.4 is 5.56 Å². The van der Waals surface area contributed by atoms with Crippen molar-refractivity contribution in [3.8, 4) is 0 Å². The highest BCUT2D eigenvalue weighted by Crippen LogP contribution is 2.25. The van der Waals surface area contributed by atoms with E-state index in [2.05, 4.69) is 9.72 Å². The molecule has 118 valence electrons. The summed E-state index contributed by atoms with van der Waals surface area (Å²) in [5.41, 5.74) is 0.332. The largest absolute Gasteiger partial charge is 0.465 e. The molecule has 0 aliphatic heterocycles. The number of aromatic nitrogens is 2. The maximum atomic E-state index is 12.5. The van der Waals surface area contributed by atoms with Gasteiger partial charge in [-0.3, -0.25) is 9.20 Å². The summed E-state index contributed by atoms with van der Waals surface area (Å²) in [5, 5.41) is 0. The molecule has 0 saturated carbocycles. The minimum absolute atomic E-state index is 0.124. The minimum atomic E-state index is -0.704. The number of carbonyl (C=O) groups excluding carboxylic acids is 2. The van der Waals surface area contributed by atoms with Gasteiger partial charge in [-0.2, -0.15) is 0 Å². The predicted octanol–water partition coefficient (Wildman–Crippen LogP) is 1.87. The first-order valence-corrected chi connectivity index (χ1v) is 7.58. The second-order valence-electron chi connectivity index (χ2n) is 4.59. The lowest BCUT2D eigenvalue weighted by Crippen LogP contribution is -2.23. The summed E-state index contributed by atoms with van der Waals surface area (Å²) in [7, 11) is 1.30. The Bertz CT molecular complexity index is 989. The van der Waals surface area contributed by atoms with Crippen LogP contribution in [0.2, 0.25) is 0 Å². The summed E-state index contributed by atoms with van der Waals surface area (Å²) in [4.78, 5) is 40.5. The van der Waals surface area contributed by atoms with E-state index in [1.165, 1.54) is 29.0 Å². The highest BCUT2D eigenvalue weighted by atomic mass is 32.1. The number of benzene rings is 1. The molecule has 8 heteroatoms. The number of rotatable bonds is 3. The van der Waals surface area contributed by atoms with Crippen LogP contribution in [0, 0.1) is 0 Å². The van der Waals surface area contributed by atoms with E-state index in [1.807, 2.05) is 0 Å². The van der Waals surface area contributed by atoms with Crippen molar-refractivity contribution in [1.29, 1.82) is 0 Å². The first kappa shape index (κ1) is 15.2. The van der Waals surface area contributed by atoms with Gasteiger partial charge in [0.2, 0.25) is 0 Å². The average Bonchev–Trinajstić information content (AvgIpc) is 2.92. The lowest BCUT2D eigenvalue weighted by Gasteiger charge is -2.02. The van der Waals surface area contributed by atoms with Gasteiger partial charge in [0.1, 0.15) is 5.56 Å². The third kappa shape index (κ3) is 2.46. The van der Waals surface area contributed by atoms with E-state index in [0.717, 1.165) is 0 Å². The Morgan fingerprint density at radius 2 is 2.09 bits per heavy atom. The van der Waals surface area contributed by atoms with E-state index in [-0.39, 0.29) is 12.2 Å². The molecule has 23 heavy (non-hydrogen) atoms. The maximum Gasteiger partial charge on any atom is 0.345 e. The normalized spacial score (nSPS) is 10.9. The number of esters is 2. The number of ether oxygens (including phenoxy) is 2. The van der Waals surface area contributed by atoms with Crippen LogP contribution in [0.4, 0.5) is 0 Å². The topological polar surface area (TPSA) is 87.0 Å². The second kappa shape index (κ2) is 5.81. The van der Waals surface area contributed by atoms with Crippen LogP contribution in [0.1, 0.15) is 27.6 Å². The molecule has 0 amide bonds. The number of hydrogen-bond acceptors (Lipinski definition) is 7. The first-order chi connectivity index (χ1) is 11.1. The highest BCUT2D eigenvalue weighted by molar-refractivity contribution is 7.23. The van der Waals surface area contributed by atoms with Gasteiger partial charge in [-0.05, 0) is 25.1 Å². The SMILES string of the molecule is CCOC(=O)c1cnc2sc3cc(C(=O)OC)ccc3n2c1=O. The van der Waals surface area contributed by atoms with Crippen LogP contribution >= 0.6 is 11.3 Å². The Balaban J connectivity index is 2.25. The van der Waals surface area contributed by atoms with Gasteiger partial charge in [0, 0.05) is 0 Å². The molecule has 3 rings (SSSR count). The summed E-state index contributed by atoms with van der Waals surface area (Å²) in [6, 6.07) is 4.82. The molecule has 2 heterocycles. The molecular weight excluding hydrogens is 320 g/mol. The smallest absolute Gasteiger partial charge is 0.345 e. The van der Waals surface area contributed by atoms with E-state index in [9.17, 15) is 14.4 Å². The monoisotopic (exact) mass is 332 g/mol. The van der Waals surface area contributed by atoms with Crippen LogP contribution in [0.5, 0.6) is 0 Å². The highest BCUT2D eigenvalue weighted by Gasteiger charge is 2.18. The molecule has 0 radical (unpaired) electrons.